The van der Waals surface area contributed by atoms with Crippen LogP contribution in [0.5, 0.6) is 5.75 Å². The average molecular weight is 459 g/mol. The van der Waals surface area contributed by atoms with E-state index in [1.54, 1.807) is 12.1 Å². The predicted molar refractivity (Wildman–Crippen MR) is 88.6 cm³/mol. The molecule has 1 aliphatic heterocycles. The molecule has 1 aromatic rings. The summed E-state index contributed by atoms with van der Waals surface area (Å²) in [5, 5.41) is 10.6. The first-order valence-corrected chi connectivity index (χ1v) is 9.25. The molecule has 2 saturated carbocycles. The van der Waals surface area contributed by atoms with Gasteiger partial charge in [-0.15, -0.1) is 5.06 Å². The first kappa shape index (κ1) is 16.1. The van der Waals surface area contributed by atoms with Gasteiger partial charge in [0, 0.05) is 4.47 Å². The summed E-state index contributed by atoms with van der Waals surface area (Å²) in [6, 6.07) is 3.12. The van der Waals surface area contributed by atoms with E-state index in [-0.39, 0.29) is 35.0 Å². The minimum atomic E-state index is -0.949. The first-order valence-electron chi connectivity index (χ1n) is 7.67. The van der Waals surface area contributed by atoms with Crippen molar-refractivity contribution >= 4 is 49.6 Å². The molecule has 2 amide bonds. The standard InChI is InChI=1S/C16H13Br2NO5/c17-8-3-4-9(18)13(20)12(8)16(23)24-19-14(21)10-6-1-2-7(5-6)11(10)15(19)22/h3-4,6-7,10-11,20H,1-2,5H2. The molecule has 3 fully saturated rings. The van der Waals surface area contributed by atoms with Crippen molar-refractivity contribution in [3.05, 3.63) is 26.6 Å². The zero-order valence-electron chi connectivity index (χ0n) is 12.4. The lowest BCUT2D eigenvalue weighted by Gasteiger charge is -2.18. The van der Waals surface area contributed by atoms with Crippen molar-refractivity contribution in [3.63, 3.8) is 0 Å². The van der Waals surface area contributed by atoms with Gasteiger partial charge < -0.3 is 9.94 Å². The predicted octanol–water partition coefficient (Wildman–Crippen LogP) is 3.02. The maximum atomic E-state index is 12.5. The lowest BCUT2D eigenvalue weighted by molar-refractivity contribution is -0.175. The molecule has 0 spiro atoms. The smallest absolute Gasteiger partial charge is 0.368 e. The topological polar surface area (TPSA) is 83.9 Å². The molecule has 4 atom stereocenters. The molecule has 1 aromatic carbocycles. The van der Waals surface area contributed by atoms with Gasteiger partial charge in [-0.3, -0.25) is 9.59 Å². The number of benzene rings is 1. The number of amides is 2. The van der Waals surface area contributed by atoms with E-state index in [9.17, 15) is 19.5 Å². The molecule has 2 bridgehead atoms. The number of phenolic OH excluding ortho intramolecular Hbond substituents is 1. The maximum absolute atomic E-state index is 12.5. The second kappa shape index (κ2) is 5.56. The summed E-state index contributed by atoms with van der Waals surface area (Å²) in [6.45, 7) is 0. The van der Waals surface area contributed by atoms with Gasteiger partial charge in [0.15, 0.2) is 0 Å². The summed E-state index contributed by atoms with van der Waals surface area (Å²) in [6.07, 6.45) is 2.81. The Balaban J connectivity index is 1.60. The van der Waals surface area contributed by atoms with E-state index in [0.29, 0.717) is 14.0 Å². The van der Waals surface area contributed by atoms with Crippen molar-refractivity contribution in [2.45, 2.75) is 19.3 Å². The quantitative estimate of drug-likeness (QED) is 0.688. The second-order valence-electron chi connectivity index (χ2n) is 6.49. The number of fused-ring (bicyclic) bond motifs is 5. The Bertz CT molecular complexity index is 752. The van der Waals surface area contributed by atoms with Crippen LogP contribution >= 0.6 is 31.9 Å². The highest BCUT2D eigenvalue weighted by atomic mass is 79.9. The number of aromatic hydroxyl groups is 1. The van der Waals surface area contributed by atoms with Crippen LogP contribution in [0.3, 0.4) is 0 Å². The summed E-state index contributed by atoms with van der Waals surface area (Å²) >= 11 is 6.29. The highest BCUT2D eigenvalue weighted by molar-refractivity contribution is 9.11. The van der Waals surface area contributed by atoms with Crippen molar-refractivity contribution in [2.75, 3.05) is 0 Å². The van der Waals surface area contributed by atoms with Gasteiger partial charge in [-0.25, -0.2) is 4.79 Å². The van der Waals surface area contributed by atoms with Crippen molar-refractivity contribution < 1.29 is 24.3 Å². The second-order valence-corrected chi connectivity index (χ2v) is 8.20. The number of phenols is 1. The Morgan fingerprint density at radius 1 is 1.08 bits per heavy atom. The molecule has 4 unspecified atom stereocenters. The number of carbonyl (C=O) groups is 3. The fraction of sp³-hybridized carbons (Fsp3) is 0.438. The number of imide groups is 1. The van der Waals surface area contributed by atoms with Crippen LogP contribution in [0.15, 0.2) is 21.1 Å². The molecular formula is C16H13Br2NO5. The minimum Gasteiger partial charge on any atom is -0.506 e. The zero-order valence-corrected chi connectivity index (χ0v) is 15.5. The van der Waals surface area contributed by atoms with Crippen molar-refractivity contribution in [3.8, 4) is 5.75 Å². The van der Waals surface area contributed by atoms with Crippen molar-refractivity contribution in [2.24, 2.45) is 23.7 Å². The molecule has 4 rings (SSSR count). The Labute approximate surface area is 154 Å². The van der Waals surface area contributed by atoms with E-state index in [2.05, 4.69) is 31.9 Å². The minimum absolute atomic E-state index is 0.134. The van der Waals surface area contributed by atoms with Crippen LogP contribution < -0.4 is 0 Å². The monoisotopic (exact) mass is 457 g/mol. The number of hydrogen-bond donors (Lipinski definition) is 1. The van der Waals surface area contributed by atoms with Gasteiger partial charge in [-0.1, -0.05) is 0 Å². The summed E-state index contributed by atoms with van der Waals surface area (Å²) in [7, 11) is 0. The molecule has 8 heteroatoms. The van der Waals surface area contributed by atoms with Crippen molar-refractivity contribution in [1.29, 1.82) is 0 Å². The molecule has 2 aliphatic carbocycles. The number of hydroxylamine groups is 2. The Morgan fingerprint density at radius 2 is 1.62 bits per heavy atom. The number of hydrogen-bond acceptors (Lipinski definition) is 5. The van der Waals surface area contributed by atoms with Gasteiger partial charge in [0.25, 0.3) is 11.8 Å². The zero-order chi connectivity index (χ0) is 17.2. The van der Waals surface area contributed by atoms with E-state index < -0.39 is 17.8 Å². The SMILES string of the molecule is O=C(ON1C(=O)C2C3CCC(C3)C2C1=O)c1c(Br)ccc(Br)c1O. The lowest BCUT2D eigenvalue weighted by atomic mass is 9.81. The molecule has 0 aromatic heterocycles. The van der Waals surface area contributed by atoms with E-state index in [1.807, 2.05) is 0 Å². The van der Waals surface area contributed by atoms with Crippen LogP contribution in [0.2, 0.25) is 0 Å². The number of halogens is 2. The molecular weight excluding hydrogens is 446 g/mol. The van der Waals surface area contributed by atoms with Crippen LogP contribution in [0.25, 0.3) is 0 Å². The van der Waals surface area contributed by atoms with Crippen LogP contribution in [-0.2, 0) is 14.4 Å². The Hall–Kier alpha value is -1.41. The largest absolute Gasteiger partial charge is 0.506 e. The normalized spacial score (nSPS) is 30.8. The van der Waals surface area contributed by atoms with Gasteiger partial charge >= 0.3 is 5.97 Å². The van der Waals surface area contributed by atoms with Gasteiger partial charge in [0.05, 0.1) is 16.3 Å². The van der Waals surface area contributed by atoms with E-state index in [0.717, 1.165) is 19.3 Å². The van der Waals surface area contributed by atoms with E-state index in [1.165, 1.54) is 0 Å². The van der Waals surface area contributed by atoms with E-state index >= 15 is 0 Å². The summed E-state index contributed by atoms with van der Waals surface area (Å²) < 4.78 is 0.624. The third-order valence-electron chi connectivity index (χ3n) is 5.34. The summed E-state index contributed by atoms with van der Waals surface area (Å²) in [5.41, 5.74) is -0.134. The third-order valence-corrected chi connectivity index (χ3v) is 6.64. The third kappa shape index (κ3) is 2.15. The summed E-state index contributed by atoms with van der Waals surface area (Å²) in [5.74, 6) is -2.42. The molecule has 1 saturated heterocycles. The van der Waals surface area contributed by atoms with Crippen LogP contribution in [-0.4, -0.2) is 28.0 Å². The molecule has 3 aliphatic rings. The fourth-order valence-electron chi connectivity index (χ4n) is 4.34. The molecule has 1 heterocycles. The number of rotatable bonds is 2. The van der Waals surface area contributed by atoms with Gasteiger partial charge in [0.1, 0.15) is 11.3 Å². The first-order chi connectivity index (χ1) is 11.4. The number of nitrogens with zero attached hydrogens (tertiary/aromatic N) is 1. The Kier molecular flexibility index (Phi) is 3.72. The lowest BCUT2D eigenvalue weighted by Crippen LogP contribution is -2.35. The average Bonchev–Trinajstić information content (AvgIpc) is 3.21. The van der Waals surface area contributed by atoms with Gasteiger partial charge in [-0.2, -0.15) is 0 Å². The van der Waals surface area contributed by atoms with E-state index in [4.69, 9.17) is 4.84 Å². The van der Waals surface area contributed by atoms with Gasteiger partial charge in [0.2, 0.25) is 0 Å². The molecule has 0 radical (unpaired) electrons. The number of carbonyl (C=O) groups excluding carboxylic acids is 3. The highest BCUT2D eigenvalue weighted by Gasteiger charge is 2.62. The summed E-state index contributed by atoms with van der Waals surface area (Å²) in [4.78, 5) is 42.6. The fourth-order valence-corrected chi connectivity index (χ4v) is 5.15. The van der Waals surface area contributed by atoms with Crippen LogP contribution in [0.4, 0.5) is 0 Å². The maximum Gasteiger partial charge on any atom is 0.368 e. The molecule has 6 nitrogen and oxygen atoms in total. The van der Waals surface area contributed by atoms with Gasteiger partial charge in [-0.05, 0) is 75.1 Å². The van der Waals surface area contributed by atoms with Crippen molar-refractivity contribution in [1.82, 2.24) is 5.06 Å². The highest BCUT2D eigenvalue weighted by Crippen LogP contribution is 2.56. The van der Waals surface area contributed by atoms with Crippen LogP contribution in [0, 0.1) is 23.7 Å². The molecule has 24 heavy (non-hydrogen) atoms. The van der Waals surface area contributed by atoms with Crippen LogP contribution in [0.1, 0.15) is 29.6 Å². The molecule has 1 N–H and O–H groups in total. The molecule has 126 valence electrons. The Morgan fingerprint density at radius 3 is 2.21 bits per heavy atom.